The van der Waals surface area contributed by atoms with E-state index in [4.69, 9.17) is 0 Å². The smallest absolute Gasteiger partial charge is 0.179 e. The SMILES string of the molecule is CC(=O)c1ncc(C)nc1C. The lowest BCUT2D eigenvalue weighted by molar-refractivity contribution is 0.101. The number of rotatable bonds is 1. The van der Waals surface area contributed by atoms with E-state index < -0.39 is 0 Å². The van der Waals surface area contributed by atoms with Crippen molar-refractivity contribution in [1.82, 2.24) is 9.97 Å². The average molecular weight is 150 g/mol. The lowest BCUT2D eigenvalue weighted by atomic mass is 10.2. The van der Waals surface area contributed by atoms with E-state index in [2.05, 4.69) is 9.97 Å². The van der Waals surface area contributed by atoms with Crippen molar-refractivity contribution in [3.05, 3.63) is 23.3 Å². The lowest BCUT2D eigenvalue weighted by Crippen LogP contribution is -2.03. The van der Waals surface area contributed by atoms with Crippen molar-refractivity contribution < 1.29 is 4.79 Å². The summed E-state index contributed by atoms with van der Waals surface area (Å²) in [4.78, 5) is 19.0. The summed E-state index contributed by atoms with van der Waals surface area (Å²) in [5, 5.41) is 0. The Bertz CT molecular complexity index is 294. The molecule has 1 heterocycles. The molecule has 1 aromatic heterocycles. The number of ketones is 1. The van der Waals surface area contributed by atoms with Gasteiger partial charge in [0.1, 0.15) is 5.69 Å². The Balaban J connectivity index is 3.20. The van der Waals surface area contributed by atoms with Gasteiger partial charge in [0.05, 0.1) is 11.4 Å². The van der Waals surface area contributed by atoms with E-state index in [9.17, 15) is 4.79 Å². The van der Waals surface area contributed by atoms with E-state index in [0.29, 0.717) is 11.4 Å². The molecule has 0 amide bonds. The average Bonchev–Trinajstić information content (AvgIpc) is 1.85. The van der Waals surface area contributed by atoms with Crippen LogP contribution < -0.4 is 0 Å². The summed E-state index contributed by atoms with van der Waals surface area (Å²) in [6.07, 6.45) is 1.60. The number of Topliss-reactive ketones (excluding diaryl/α,β-unsaturated/α-hetero) is 1. The van der Waals surface area contributed by atoms with Gasteiger partial charge in [0, 0.05) is 13.1 Å². The molecule has 1 rings (SSSR count). The van der Waals surface area contributed by atoms with Crippen LogP contribution in [-0.2, 0) is 0 Å². The molecule has 0 aliphatic rings. The molecule has 0 radical (unpaired) electrons. The summed E-state index contributed by atoms with van der Waals surface area (Å²) >= 11 is 0. The third kappa shape index (κ3) is 1.61. The van der Waals surface area contributed by atoms with Crippen molar-refractivity contribution in [2.45, 2.75) is 20.8 Å². The maximum absolute atomic E-state index is 10.9. The Morgan fingerprint density at radius 1 is 1.45 bits per heavy atom. The zero-order valence-electron chi connectivity index (χ0n) is 6.88. The highest BCUT2D eigenvalue weighted by atomic mass is 16.1. The summed E-state index contributed by atoms with van der Waals surface area (Å²) in [6, 6.07) is 0. The van der Waals surface area contributed by atoms with Gasteiger partial charge in [-0.1, -0.05) is 0 Å². The van der Waals surface area contributed by atoms with Gasteiger partial charge >= 0.3 is 0 Å². The molecule has 3 heteroatoms. The fraction of sp³-hybridized carbons (Fsp3) is 0.375. The molecule has 0 fully saturated rings. The number of carbonyl (C=O) groups excluding carboxylic acids is 1. The number of aryl methyl sites for hydroxylation is 2. The predicted octanol–water partition coefficient (Wildman–Crippen LogP) is 1.30. The molecule has 3 nitrogen and oxygen atoms in total. The first kappa shape index (κ1) is 7.85. The van der Waals surface area contributed by atoms with Crippen molar-refractivity contribution in [2.75, 3.05) is 0 Å². The summed E-state index contributed by atoms with van der Waals surface area (Å²) in [5.74, 6) is -0.0324. The fourth-order valence-electron chi connectivity index (χ4n) is 0.943. The molecule has 0 aliphatic carbocycles. The second-order valence-electron chi connectivity index (χ2n) is 2.50. The summed E-state index contributed by atoms with van der Waals surface area (Å²) in [7, 11) is 0. The fourth-order valence-corrected chi connectivity index (χ4v) is 0.943. The van der Waals surface area contributed by atoms with E-state index >= 15 is 0 Å². The first-order valence-electron chi connectivity index (χ1n) is 3.42. The highest BCUT2D eigenvalue weighted by molar-refractivity contribution is 5.92. The van der Waals surface area contributed by atoms with Crippen LogP contribution >= 0.6 is 0 Å². The van der Waals surface area contributed by atoms with Crippen LogP contribution in [0.4, 0.5) is 0 Å². The maximum Gasteiger partial charge on any atom is 0.179 e. The topological polar surface area (TPSA) is 42.9 Å². The largest absolute Gasteiger partial charge is 0.293 e. The summed E-state index contributed by atoms with van der Waals surface area (Å²) in [6.45, 7) is 5.13. The number of hydrogen-bond acceptors (Lipinski definition) is 3. The quantitative estimate of drug-likeness (QED) is 0.566. The van der Waals surface area contributed by atoms with Crippen LogP contribution in [-0.4, -0.2) is 15.8 Å². The van der Waals surface area contributed by atoms with E-state index in [1.54, 1.807) is 13.1 Å². The molecular weight excluding hydrogens is 140 g/mol. The highest BCUT2D eigenvalue weighted by Gasteiger charge is 2.05. The van der Waals surface area contributed by atoms with Gasteiger partial charge in [-0.05, 0) is 13.8 Å². The third-order valence-electron chi connectivity index (χ3n) is 1.40. The van der Waals surface area contributed by atoms with Crippen molar-refractivity contribution in [1.29, 1.82) is 0 Å². The standard InChI is InChI=1S/C8H10N2O/c1-5-4-9-8(7(3)11)6(2)10-5/h4H,1-3H3. The molecular formula is C8H10N2O. The zero-order valence-corrected chi connectivity index (χ0v) is 6.88. The van der Waals surface area contributed by atoms with Crippen LogP contribution in [0.3, 0.4) is 0 Å². The summed E-state index contributed by atoms with van der Waals surface area (Å²) in [5.41, 5.74) is 2.01. The Labute approximate surface area is 65.5 Å². The zero-order chi connectivity index (χ0) is 8.43. The third-order valence-corrected chi connectivity index (χ3v) is 1.40. The Kier molecular flexibility index (Phi) is 1.98. The van der Waals surface area contributed by atoms with Crippen LogP contribution in [0, 0.1) is 13.8 Å². The van der Waals surface area contributed by atoms with Crippen LogP contribution in [0.5, 0.6) is 0 Å². The lowest BCUT2D eigenvalue weighted by Gasteiger charge is -1.99. The molecule has 0 N–H and O–H groups in total. The van der Waals surface area contributed by atoms with E-state index in [1.807, 2.05) is 6.92 Å². The Morgan fingerprint density at radius 2 is 2.09 bits per heavy atom. The van der Waals surface area contributed by atoms with Crippen LogP contribution in [0.25, 0.3) is 0 Å². The molecule has 0 atom stereocenters. The van der Waals surface area contributed by atoms with E-state index in [-0.39, 0.29) is 5.78 Å². The van der Waals surface area contributed by atoms with Gasteiger partial charge in [-0.15, -0.1) is 0 Å². The minimum Gasteiger partial charge on any atom is -0.293 e. The van der Waals surface area contributed by atoms with Gasteiger partial charge in [-0.25, -0.2) is 4.98 Å². The molecule has 0 unspecified atom stereocenters. The monoisotopic (exact) mass is 150 g/mol. The maximum atomic E-state index is 10.9. The molecule has 0 aliphatic heterocycles. The Hall–Kier alpha value is -1.25. The van der Waals surface area contributed by atoms with Crippen LogP contribution in [0.2, 0.25) is 0 Å². The minimum absolute atomic E-state index is 0.0324. The molecule has 0 saturated heterocycles. The first-order valence-corrected chi connectivity index (χ1v) is 3.42. The van der Waals surface area contributed by atoms with E-state index in [1.165, 1.54) is 6.92 Å². The molecule has 0 saturated carbocycles. The van der Waals surface area contributed by atoms with E-state index in [0.717, 1.165) is 5.69 Å². The molecule has 0 aromatic carbocycles. The molecule has 0 spiro atoms. The van der Waals surface area contributed by atoms with Crippen molar-refractivity contribution in [2.24, 2.45) is 0 Å². The van der Waals surface area contributed by atoms with Gasteiger partial charge in [0.15, 0.2) is 5.78 Å². The second-order valence-corrected chi connectivity index (χ2v) is 2.50. The molecule has 58 valence electrons. The Morgan fingerprint density at radius 3 is 2.55 bits per heavy atom. The van der Waals surface area contributed by atoms with Crippen molar-refractivity contribution in [3.8, 4) is 0 Å². The van der Waals surface area contributed by atoms with Crippen molar-refractivity contribution in [3.63, 3.8) is 0 Å². The normalized spacial score (nSPS) is 9.73. The van der Waals surface area contributed by atoms with Gasteiger partial charge in [0.25, 0.3) is 0 Å². The van der Waals surface area contributed by atoms with Gasteiger partial charge in [-0.3, -0.25) is 9.78 Å². The van der Waals surface area contributed by atoms with Gasteiger partial charge in [0.2, 0.25) is 0 Å². The first-order chi connectivity index (χ1) is 5.11. The molecule has 0 bridgehead atoms. The van der Waals surface area contributed by atoms with Crippen molar-refractivity contribution >= 4 is 5.78 Å². The predicted molar refractivity (Wildman–Crippen MR) is 41.5 cm³/mol. The van der Waals surface area contributed by atoms with Crippen LogP contribution in [0.1, 0.15) is 28.8 Å². The number of hydrogen-bond donors (Lipinski definition) is 0. The molecule has 11 heavy (non-hydrogen) atoms. The number of carbonyl (C=O) groups is 1. The minimum atomic E-state index is -0.0324. The van der Waals surface area contributed by atoms with Gasteiger partial charge < -0.3 is 0 Å². The van der Waals surface area contributed by atoms with Crippen LogP contribution in [0.15, 0.2) is 6.20 Å². The highest BCUT2D eigenvalue weighted by Crippen LogP contribution is 2.02. The van der Waals surface area contributed by atoms with Gasteiger partial charge in [-0.2, -0.15) is 0 Å². The summed E-state index contributed by atoms with van der Waals surface area (Å²) < 4.78 is 0. The number of nitrogens with zero attached hydrogens (tertiary/aromatic N) is 2. The molecule has 1 aromatic rings. The number of aromatic nitrogens is 2. The second kappa shape index (κ2) is 2.78.